The maximum absolute atomic E-state index is 13.6. The molecule has 0 saturated heterocycles. The summed E-state index contributed by atoms with van der Waals surface area (Å²) in [7, 11) is 0. The Kier molecular flexibility index (Phi) is 5.31. The average Bonchev–Trinajstić information content (AvgIpc) is 3.17. The standard InChI is InChI=1S/C22H24F3N3O4/c1-12-10-27(11-16-17(12)19(26-32-16)21(3,31)22(23,24)25)20(30)18-15-7-5-4-6-14(15)8-9-28(18)13(2)29/h4-7,12,18,31H,8-11H2,1-3H3/t12-,18-,21?/m0/s1. The van der Waals surface area contributed by atoms with Crippen molar-refractivity contribution in [2.24, 2.45) is 0 Å². The van der Waals surface area contributed by atoms with Gasteiger partial charge < -0.3 is 19.4 Å². The first-order chi connectivity index (χ1) is 14.9. The van der Waals surface area contributed by atoms with Crippen LogP contribution < -0.4 is 0 Å². The third kappa shape index (κ3) is 3.46. The summed E-state index contributed by atoms with van der Waals surface area (Å²) < 4.78 is 45.3. The van der Waals surface area contributed by atoms with Gasteiger partial charge in [-0.15, -0.1) is 0 Å². The number of nitrogens with zero attached hydrogens (tertiary/aromatic N) is 3. The second kappa shape index (κ2) is 7.61. The first-order valence-corrected chi connectivity index (χ1v) is 10.3. The summed E-state index contributed by atoms with van der Waals surface area (Å²) in [5.41, 5.74) is -1.84. The van der Waals surface area contributed by atoms with E-state index in [4.69, 9.17) is 4.52 Å². The van der Waals surface area contributed by atoms with E-state index in [-0.39, 0.29) is 36.2 Å². The molecule has 2 amide bonds. The molecule has 10 heteroatoms. The minimum atomic E-state index is -4.93. The number of halogens is 3. The topological polar surface area (TPSA) is 86.9 Å². The molecule has 0 bridgehead atoms. The molecule has 2 aliphatic rings. The average molecular weight is 451 g/mol. The van der Waals surface area contributed by atoms with Crippen molar-refractivity contribution in [1.29, 1.82) is 0 Å². The fourth-order valence-corrected chi connectivity index (χ4v) is 4.61. The summed E-state index contributed by atoms with van der Waals surface area (Å²) in [6.07, 6.45) is -4.30. The van der Waals surface area contributed by atoms with Gasteiger partial charge in [-0.25, -0.2) is 0 Å². The smallest absolute Gasteiger partial charge is 0.375 e. The van der Waals surface area contributed by atoms with Gasteiger partial charge in [-0.2, -0.15) is 13.2 Å². The van der Waals surface area contributed by atoms with Gasteiger partial charge in [-0.05, 0) is 24.5 Å². The second-order valence-corrected chi connectivity index (χ2v) is 8.62. The summed E-state index contributed by atoms with van der Waals surface area (Å²) in [4.78, 5) is 28.9. The highest BCUT2D eigenvalue weighted by Gasteiger charge is 2.55. The molecule has 1 aromatic heterocycles. The highest BCUT2D eigenvalue weighted by Crippen LogP contribution is 2.44. The molecule has 3 heterocycles. The molecule has 0 radical (unpaired) electrons. The van der Waals surface area contributed by atoms with Crippen molar-refractivity contribution in [3.8, 4) is 0 Å². The highest BCUT2D eigenvalue weighted by atomic mass is 19.4. The van der Waals surface area contributed by atoms with Crippen molar-refractivity contribution in [3.63, 3.8) is 0 Å². The summed E-state index contributed by atoms with van der Waals surface area (Å²) in [5, 5.41) is 13.6. The fraction of sp³-hybridized carbons (Fsp3) is 0.500. The van der Waals surface area contributed by atoms with Gasteiger partial charge >= 0.3 is 6.18 Å². The molecule has 1 N–H and O–H groups in total. The number of benzene rings is 1. The van der Waals surface area contributed by atoms with Crippen molar-refractivity contribution in [3.05, 3.63) is 52.4 Å². The van der Waals surface area contributed by atoms with E-state index in [1.165, 1.54) is 16.7 Å². The van der Waals surface area contributed by atoms with Crippen molar-refractivity contribution < 1.29 is 32.4 Å². The molecule has 172 valence electrons. The third-order valence-electron chi connectivity index (χ3n) is 6.37. The summed E-state index contributed by atoms with van der Waals surface area (Å²) in [5.74, 6) is -1.00. The molecular formula is C22H24F3N3O4. The van der Waals surface area contributed by atoms with Crippen molar-refractivity contribution in [1.82, 2.24) is 15.0 Å². The van der Waals surface area contributed by atoms with Crippen LogP contribution in [0, 0.1) is 0 Å². The molecule has 0 aliphatic carbocycles. The number of fused-ring (bicyclic) bond motifs is 2. The Morgan fingerprint density at radius 3 is 2.59 bits per heavy atom. The highest BCUT2D eigenvalue weighted by molar-refractivity contribution is 5.89. The van der Waals surface area contributed by atoms with E-state index in [0.29, 0.717) is 19.9 Å². The first-order valence-electron chi connectivity index (χ1n) is 10.3. The Labute approximate surface area is 182 Å². The number of aliphatic hydroxyl groups is 1. The number of hydrogen-bond acceptors (Lipinski definition) is 5. The quantitative estimate of drug-likeness (QED) is 0.759. The molecule has 4 rings (SSSR count). The van der Waals surface area contributed by atoms with Crippen molar-refractivity contribution in [2.75, 3.05) is 13.1 Å². The molecule has 0 saturated carbocycles. The number of hydrogen-bond donors (Lipinski definition) is 1. The predicted octanol–water partition coefficient (Wildman–Crippen LogP) is 3.04. The van der Waals surface area contributed by atoms with Crippen LogP contribution in [0.2, 0.25) is 0 Å². The Morgan fingerprint density at radius 2 is 1.94 bits per heavy atom. The van der Waals surface area contributed by atoms with E-state index in [2.05, 4.69) is 5.16 Å². The summed E-state index contributed by atoms with van der Waals surface area (Å²) in [6, 6.07) is 6.61. The minimum Gasteiger partial charge on any atom is -0.375 e. The first kappa shape index (κ1) is 22.3. The molecule has 3 atom stereocenters. The van der Waals surface area contributed by atoms with Crippen LogP contribution in [0.25, 0.3) is 0 Å². The minimum absolute atomic E-state index is 0.0934. The Bertz CT molecular complexity index is 1060. The van der Waals surface area contributed by atoms with E-state index >= 15 is 0 Å². The molecular weight excluding hydrogens is 427 g/mol. The summed E-state index contributed by atoms with van der Waals surface area (Å²) in [6.45, 7) is 4.12. The van der Waals surface area contributed by atoms with Crippen molar-refractivity contribution >= 4 is 11.8 Å². The predicted molar refractivity (Wildman–Crippen MR) is 106 cm³/mol. The zero-order valence-corrected chi connectivity index (χ0v) is 17.9. The van der Waals surface area contributed by atoms with Crippen LogP contribution in [-0.4, -0.2) is 51.1 Å². The van der Waals surface area contributed by atoms with E-state index in [0.717, 1.165) is 11.1 Å². The number of amides is 2. The van der Waals surface area contributed by atoms with Crippen LogP contribution in [0.4, 0.5) is 13.2 Å². The maximum atomic E-state index is 13.6. The Morgan fingerprint density at radius 1 is 1.25 bits per heavy atom. The van der Waals surface area contributed by atoms with Gasteiger partial charge in [0.2, 0.25) is 17.4 Å². The second-order valence-electron chi connectivity index (χ2n) is 8.62. The van der Waals surface area contributed by atoms with Gasteiger partial charge in [0.1, 0.15) is 11.7 Å². The molecule has 2 aliphatic heterocycles. The van der Waals surface area contributed by atoms with Gasteiger partial charge in [0.05, 0.1) is 6.54 Å². The van der Waals surface area contributed by atoms with E-state index in [9.17, 15) is 27.9 Å². The summed E-state index contributed by atoms with van der Waals surface area (Å²) >= 11 is 0. The molecule has 2 aromatic rings. The van der Waals surface area contributed by atoms with Crippen LogP contribution in [0.1, 0.15) is 60.9 Å². The van der Waals surface area contributed by atoms with Crippen LogP contribution in [0.3, 0.4) is 0 Å². The largest absolute Gasteiger partial charge is 0.422 e. The Hall–Kier alpha value is -2.88. The molecule has 7 nitrogen and oxygen atoms in total. The lowest BCUT2D eigenvalue weighted by molar-refractivity contribution is -0.261. The van der Waals surface area contributed by atoms with Gasteiger partial charge in [0.25, 0.3) is 0 Å². The van der Waals surface area contributed by atoms with Crippen LogP contribution in [-0.2, 0) is 28.2 Å². The molecule has 0 fully saturated rings. The maximum Gasteiger partial charge on any atom is 0.422 e. The monoisotopic (exact) mass is 451 g/mol. The van der Waals surface area contributed by atoms with Crippen LogP contribution >= 0.6 is 0 Å². The van der Waals surface area contributed by atoms with E-state index in [1.54, 1.807) is 6.92 Å². The Balaban J connectivity index is 1.68. The SMILES string of the molecule is CC(=O)N1CCc2ccccc2[C@H]1C(=O)N1Cc2onc(C(C)(O)C(F)(F)F)c2[C@@H](C)C1. The zero-order chi connectivity index (χ0) is 23.4. The molecule has 0 spiro atoms. The van der Waals surface area contributed by atoms with Gasteiger partial charge in [-0.1, -0.05) is 36.3 Å². The normalized spacial score (nSPS) is 22.7. The number of aromatic nitrogens is 1. The van der Waals surface area contributed by atoms with Crippen molar-refractivity contribution in [2.45, 2.75) is 57.5 Å². The fourth-order valence-electron chi connectivity index (χ4n) is 4.61. The number of carbonyl (C=O) groups is 2. The van der Waals surface area contributed by atoms with Gasteiger partial charge in [-0.3, -0.25) is 9.59 Å². The number of rotatable bonds is 2. The van der Waals surface area contributed by atoms with Gasteiger partial charge in [0.15, 0.2) is 5.76 Å². The van der Waals surface area contributed by atoms with E-state index in [1.807, 2.05) is 24.3 Å². The molecule has 1 unspecified atom stereocenters. The zero-order valence-electron chi connectivity index (χ0n) is 17.9. The van der Waals surface area contributed by atoms with Crippen LogP contribution in [0.5, 0.6) is 0 Å². The van der Waals surface area contributed by atoms with Gasteiger partial charge in [0, 0.05) is 31.5 Å². The van der Waals surface area contributed by atoms with Crippen LogP contribution in [0.15, 0.2) is 28.8 Å². The lowest BCUT2D eigenvalue weighted by Crippen LogP contribution is -2.49. The molecule has 32 heavy (non-hydrogen) atoms. The number of carbonyl (C=O) groups excluding carboxylic acids is 2. The number of alkyl halides is 3. The lowest BCUT2D eigenvalue weighted by atomic mass is 9.86. The lowest BCUT2D eigenvalue weighted by Gasteiger charge is -2.40. The van der Waals surface area contributed by atoms with E-state index < -0.39 is 29.4 Å². The third-order valence-corrected chi connectivity index (χ3v) is 6.37. The molecule has 1 aromatic carbocycles.